The van der Waals surface area contributed by atoms with Crippen molar-refractivity contribution in [3.05, 3.63) is 70.8 Å². The van der Waals surface area contributed by atoms with Gasteiger partial charge in [0, 0.05) is 24.5 Å². The van der Waals surface area contributed by atoms with E-state index >= 15 is 0 Å². The molecule has 1 amide bonds. The van der Waals surface area contributed by atoms with E-state index in [9.17, 15) is 4.79 Å². The highest BCUT2D eigenvalue weighted by Crippen LogP contribution is 2.14. The molecule has 2 nitrogen and oxygen atoms in total. The molecule has 0 spiro atoms. The third kappa shape index (κ3) is 4.33. The maximum atomic E-state index is 12.7. The van der Waals surface area contributed by atoms with Gasteiger partial charge in [0.15, 0.2) is 0 Å². The van der Waals surface area contributed by atoms with Crippen LogP contribution in [0.15, 0.2) is 48.5 Å². The number of halogens is 1. The van der Waals surface area contributed by atoms with Crippen molar-refractivity contribution in [1.82, 2.24) is 4.90 Å². The zero-order valence-corrected chi connectivity index (χ0v) is 13.2. The zero-order chi connectivity index (χ0) is 15.2. The van der Waals surface area contributed by atoms with E-state index in [1.54, 1.807) is 4.90 Å². The van der Waals surface area contributed by atoms with Crippen molar-refractivity contribution in [2.75, 3.05) is 12.4 Å². The number of alkyl halides is 1. The second-order valence-electron chi connectivity index (χ2n) is 5.28. The second kappa shape index (κ2) is 7.28. The summed E-state index contributed by atoms with van der Waals surface area (Å²) in [7, 11) is 0. The van der Waals surface area contributed by atoms with Gasteiger partial charge in [0.2, 0.25) is 0 Å². The van der Waals surface area contributed by atoms with Crippen LogP contribution in [0.25, 0.3) is 0 Å². The number of hydrogen-bond donors (Lipinski definition) is 0. The average Bonchev–Trinajstić information content (AvgIpc) is 2.46. The molecule has 0 aliphatic heterocycles. The molecule has 2 rings (SSSR count). The van der Waals surface area contributed by atoms with E-state index < -0.39 is 0 Å². The van der Waals surface area contributed by atoms with E-state index in [-0.39, 0.29) is 5.91 Å². The van der Waals surface area contributed by atoms with Crippen LogP contribution in [0.3, 0.4) is 0 Å². The number of carbonyl (C=O) groups is 1. The Labute approximate surface area is 131 Å². The second-order valence-corrected chi connectivity index (χ2v) is 5.66. The summed E-state index contributed by atoms with van der Waals surface area (Å²) < 4.78 is 0. The van der Waals surface area contributed by atoms with Crippen LogP contribution in [0.1, 0.15) is 27.0 Å². The Morgan fingerprint density at radius 1 is 1.05 bits per heavy atom. The van der Waals surface area contributed by atoms with E-state index in [0.29, 0.717) is 19.0 Å². The van der Waals surface area contributed by atoms with Crippen molar-refractivity contribution < 1.29 is 4.79 Å². The molecule has 0 radical (unpaired) electrons. The third-order valence-electron chi connectivity index (χ3n) is 3.33. The fourth-order valence-electron chi connectivity index (χ4n) is 2.44. The smallest absolute Gasteiger partial charge is 0.254 e. The Morgan fingerprint density at radius 3 is 2.24 bits per heavy atom. The SMILES string of the molecule is Cc1cc(C)cc(C(=O)N(CCCl)Cc2ccccc2)c1. The van der Waals surface area contributed by atoms with Crippen molar-refractivity contribution >= 4 is 17.5 Å². The lowest BCUT2D eigenvalue weighted by molar-refractivity contribution is 0.0753. The van der Waals surface area contributed by atoms with Gasteiger partial charge in [-0.05, 0) is 31.5 Å². The minimum atomic E-state index is 0.0336. The van der Waals surface area contributed by atoms with Crippen molar-refractivity contribution in [2.45, 2.75) is 20.4 Å². The van der Waals surface area contributed by atoms with Crippen molar-refractivity contribution in [2.24, 2.45) is 0 Å². The number of hydrogen-bond acceptors (Lipinski definition) is 1. The van der Waals surface area contributed by atoms with Gasteiger partial charge >= 0.3 is 0 Å². The fraction of sp³-hybridized carbons (Fsp3) is 0.278. The van der Waals surface area contributed by atoms with Gasteiger partial charge < -0.3 is 4.90 Å². The largest absolute Gasteiger partial charge is 0.333 e. The van der Waals surface area contributed by atoms with Crippen LogP contribution < -0.4 is 0 Å². The topological polar surface area (TPSA) is 20.3 Å². The zero-order valence-electron chi connectivity index (χ0n) is 12.5. The van der Waals surface area contributed by atoms with Crippen LogP contribution in [-0.2, 0) is 6.54 Å². The van der Waals surface area contributed by atoms with E-state index in [1.165, 1.54) is 0 Å². The molecule has 0 unspecified atom stereocenters. The van der Waals surface area contributed by atoms with Gasteiger partial charge in [0.1, 0.15) is 0 Å². The Balaban J connectivity index is 2.22. The molecule has 110 valence electrons. The molecule has 0 atom stereocenters. The molecule has 3 heteroatoms. The van der Waals surface area contributed by atoms with Gasteiger partial charge in [0.05, 0.1) is 0 Å². The average molecular weight is 302 g/mol. The minimum Gasteiger partial charge on any atom is -0.333 e. The monoisotopic (exact) mass is 301 g/mol. The summed E-state index contributed by atoms with van der Waals surface area (Å²) in [6.07, 6.45) is 0. The minimum absolute atomic E-state index is 0.0336. The molecular weight excluding hydrogens is 282 g/mol. The van der Waals surface area contributed by atoms with Gasteiger partial charge in [-0.1, -0.05) is 47.5 Å². The molecule has 21 heavy (non-hydrogen) atoms. The quantitative estimate of drug-likeness (QED) is 0.759. The van der Waals surface area contributed by atoms with Crippen LogP contribution in [-0.4, -0.2) is 23.2 Å². The summed E-state index contributed by atoms with van der Waals surface area (Å²) in [5, 5.41) is 0. The third-order valence-corrected chi connectivity index (χ3v) is 3.50. The highest BCUT2D eigenvalue weighted by atomic mass is 35.5. The first-order chi connectivity index (χ1) is 10.1. The molecule has 0 aliphatic rings. The van der Waals surface area contributed by atoms with E-state index in [4.69, 9.17) is 11.6 Å². The molecule has 0 saturated heterocycles. The van der Waals surface area contributed by atoms with Gasteiger partial charge in [-0.25, -0.2) is 0 Å². The summed E-state index contributed by atoms with van der Waals surface area (Å²) in [6, 6.07) is 15.9. The molecule has 0 bridgehead atoms. The lowest BCUT2D eigenvalue weighted by Gasteiger charge is -2.22. The maximum absolute atomic E-state index is 12.7. The van der Waals surface area contributed by atoms with Gasteiger partial charge in [0.25, 0.3) is 5.91 Å². The molecule has 2 aromatic carbocycles. The highest BCUT2D eigenvalue weighted by molar-refractivity contribution is 6.18. The van der Waals surface area contributed by atoms with E-state index in [0.717, 1.165) is 22.3 Å². The molecule has 0 saturated carbocycles. The first-order valence-electron chi connectivity index (χ1n) is 7.07. The predicted molar refractivity (Wildman–Crippen MR) is 87.8 cm³/mol. The molecule has 0 aromatic heterocycles. The van der Waals surface area contributed by atoms with Crippen LogP contribution in [0.5, 0.6) is 0 Å². The molecular formula is C18H20ClNO. The molecule has 0 fully saturated rings. The van der Waals surface area contributed by atoms with Gasteiger partial charge in [-0.3, -0.25) is 4.79 Å². The Morgan fingerprint density at radius 2 is 1.67 bits per heavy atom. The Kier molecular flexibility index (Phi) is 5.40. The van der Waals surface area contributed by atoms with Gasteiger partial charge in [-0.2, -0.15) is 0 Å². The summed E-state index contributed by atoms with van der Waals surface area (Å²) in [4.78, 5) is 14.5. The van der Waals surface area contributed by atoms with Crippen molar-refractivity contribution in [1.29, 1.82) is 0 Å². The predicted octanol–water partition coefficient (Wildman–Crippen LogP) is 4.18. The summed E-state index contributed by atoms with van der Waals surface area (Å²) >= 11 is 5.86. The summed E-state index contributed by atoms with van der Waals surface area (Å²) in [5.74, 6) is 0.468. The van der Waals surface area contributed by atoms with E-state index in [1.807, 2.05) is 56.3 Å². The molecule has 2 aromatic rings. The van der Waals surface area contributed by atoms with Crippen LogP contribution in [0.2, 0.25) is 0 Å². The Bertz CT molecular complexity index is 590. The summed E-state index contributed by atoms with van der Waals surface area (Å²) in [6.45, 7) is 5.14. The number of aryl methyl sites for hydroxylation is 2. The molecule has 0 heterocycles. The number of rotatable bonds is 5. The maximum Gasteiger partial charge on any atom is 0.254 e. The van der Waals surface area contributed by atoms with Crippen LogP contribution >= 0.6 is 11.6 Å². The fourth-order valence-corrected chi connectivity index (χ4v) is 2.64. The Hall–Kier alpha value is -1.80. The van der Waals surface area contributed by atoms with Crippen LogP contribution in [0.4, 0.5) is 0 Å². The number of amides is 1. The summed E-state index contributed by atoms with van der Waals surface area (Å²) in [5.41, 5.74) is 4.04. The first kappa shape index (κ1) is 15.6. The van der Waals surface area contributed by atoms with Crippen LogP contribution in [0, 0.1) is 13.8 Å². The molecule has 0 N–H and O–H groups in total. The standard InChI is InChI=1S/C18H20ClNO/c1-14-10-15(2)12-17(11-14)18(21)20(9-8-19)13-16-6-4-3-5-7-16/h3-7,10-12H,8-9,13H2,1-2H3. The highest BCUT2D eigenvalue weighted by Gasteiger charge is 2.16. The molecule has 0 aliphatic carbocycles. The van der Waals surface area contributed by atoms with Crippen molar-refractivity contribution in [3.8, 4) is 0 Å². The lowest BCUT2D eigenvalue weighted by atomic mass is 10.1. The number of nitrogens with zero attached hydrogens (tertiary/aromatic N) is 1. The van der Waals surface area contributed by atoms with Crippen molar-refractivity contribution in [3.63, 3.8) is 0 Å². The number of carbonyl (C=O) groups excluding carboxylic acids is 1. The first-order valence-corrected chi connectivity index (χ1v) is 7.61. The number of benzene rings is 2. The normalized spacial score (nSPS) is 10.4. The lowest BCUT2D eigenvalue weighted by Crippen LogP contribution is -2.32. The van der Waals surface area contributed by atoms with Gasteiger partial charge in [-0.15, -0.1) is 11.6 Å². The van der Waals surface area contributed by atoms with E-state index in [2.05, 4.69) is 6.07 Å².